The Morgan fingerprint density at radius 3 is 2.54 bits per heavy atom. The highest BCUT2D eigenvalue weighted by Crippen LogP contribution is 2.29. The number of nitrogens with zero attached hydrogens (tertiary/aromatic N) is 1. The predicted molar refractivity (Wildman–Crippen MR) is 49.9 cm³/mol. The average molecular weight is 181 g/mol. The highest BCUT2D eigenvalue weighted by molar-refractivity contribution is 6.05. The molecule has 1 heterocycles. The lowest BCUT2D eigenvalue weighted by molar-refractivity contribution is -0.138. The van der Waals surface area contributed by atoms with Crippen molar-refractivity contribution in [2.24, 2.45) is 11.8 Å². The van der Waals surface area contributed by atoms with Gasteiger partial charge in [0.2, 0.25) is 11.8 Å². The SMILES string of the molecule is C=CC1C(=O)N(C)C(=O)C1CCC. The Balaban J connectivity index is 2.87. The zero-order chi connectivity index (χ0) is 10.0. The molecule has 2 amide bonds. The van der Waals surface area contributed by atoms with Gasteiger partial charge >= 0.3 is 0 Å². The van der Waals surface area contributed by atoms with Crippen LogP contribution < -0.4 is 0 Å². The number of carbonyl (C=O) groups is 2. The molecule has 0 radical (unpaired) electrons. The van der Waals surface area contributed by atoms with E-state index in [1.54, 1.807) is 6.08 Å². The Labute approximate surface area is 78.4 Å². The monoisotopic (exact) mass is 181 g/mol. The largest absolute Gasteiger partial charge is 0.285 e. The summed E-state index contributed by atoms with van der Waals surface area (Å²) in [5, 5.41) is 0. The van der Waals surface area contributed by atoms with Gasteiger partial charge in [0, 0.05) is 7.05 Å². The van der Waals surface area contributed by atoms with E-state index in [9.17, 15) is 9.59 Å². The number of likely N-dealkylation sites (tertiary alicyclic amines) is 1. The molecule has 0 aromatic carbocycles. The molecule has 0 aromatic heterocycles. The number of hydrogen-bond acceptors (Lipinski definition) is 2. The zero-order valence-electron chi connectivity index (χ0n) is 8.12. The molecule has 1 rings (SSSR count). The molecule has 3 heteroatoms. The first-order chi connectivity index (χ1) is 6.13. The minimum absolute atomic E-state index is 0.0586. The van der Waals surface area contributed by atoms with Crippen molar-refractivity contribution in [1.82, 2.24) is 4.90 Å². The maximum atomic E-state index is 11.5. The van der Waals surface area contributed by atoms with Gasteiger partial charge in [0.05, 0.1) is 11.8 Å². The molecule has 0 aliphatic carbocycles. The Bertz CT molecular complexity index is 247. The minimum Gasteiger partial charge on any atom is -0.285 e. The normalized spacial score (nSPS) is 28.3. The lowest BCUT2D eigenvalue weighted by atomic mass is 9.91. The fourth-order valence-corrected chi connectivity index (χ4v) is 1.79. The summed E-state index contributed by atoms with van der Waals surface area (Å²) in [5.74, 6) is -0.632. The van der Waals surface area contributed by atoms with Crippen molar-refractivity contribution in [3.63, 3.8) is 0 Å². The Hall–Kier alpha value is -1.12. The van der Waals surface area contributed by atoms with Crippen LogP contribution >= 0.6 is 0 Å². The summed E-state index contributed by atoms with van der Waals surface area (Å²) in [5.41, 5.74) is 0. The van der Waals surface area contributed by atoms with Crippen molar-refractivity contribution in [2.45, 2.75) is 19.8 Å². The smallest absolute Gasteiger partial charge is 0.236 e. The molecule has 13 heavy (non-hydrogen) atoms. The highest BCUT2D eigenvalue weighted by Gasteiger charge is 2.43. The first-order valence-electron chi connectivity index (χ1n) is 4.57. The van der Waals surface area contributed by atoms with Crippen LogP contribution in [0.4, 0.5) is 0 Å². The summed E-state index contributed by atoms with van der Waals surface area (Å²) in [4.78, 5) is 24.2. The van der Waals surface area contributed by atoms with E-state index in [4.69, 9.17) is 0 Å². The van der Waals surface area contributed by atoms with Crippen LogP contribution in [0.5, 0.6) is 0 Å². The van der Waals surface area contributed by atoms with E-state index < -0.39 is 0 Å². The molecule has 72 valence electrons. The first kappa shape index (κ1) is 9.96. The van der Waals surface area contributed by atoms with Crippen molar-refractivity contribution in [1.29, 1.82) is 0 Å². The van der Waals surface area contributed by atoms with Crippen molar-refractivity contribution in [3.8, 4) is 0 Å². The molecule has 1 fully saturated rings. The number of rotatable bonds is 3. The van der Waals surface area contributed by atoms with Gasteiger partial charge < -0.3 is 0 Å². The first-order valence-corrected chi connectivity index (χ1v) is 4.57. The summed E-state index contributed by atoms with van der Waals surface area (Å²) in [6.07, 6.45) is 3.28. The molecule has 2 atom stereocenters. The summed E-state index contributed by atoms with van der Waals surface area (Å²) in [6, 6.07) is 0. The van der Waals surface area contributed by atoms with E-state index in [2.05, 4.69) is 6.58 Å². The molecule has 0 spiro atoms. The summed E-state index contributed by atoms with van der Waals surface area (Å²) in [7, 11) is 1.54. The molecule has 2 unspecified atom stereocenters. The van der Waals surface area contributed by atoms with Crippen LogP contribution in [0.2, 0.25) is 0 Å². The van der Waals surface area contributed by atoms with E-state index in [1.807, 2.05) is 6.92 Å². The number of amides is 2. The van der Waals surface area contributed by atoms with Gasteiger partial charge in [-0.1, -0.05) is 19.4 Å². The van der Waals surface area contributed by atoms with E-state index >= 15 is 0 Å². The minimum atomic E-state index is -0.294. The molecule has 1 saturated heterocycles. The Kier molecular flexibility index (Phi) is 2.86. The van der Waals surface area contributed by atoms with E-state index in [-0.39, 0.29) is 23.7 Å². The van der Waals surface area contributed by atoms with Gasteiger partial charge in [-0.05, 0) is 6.42 Å². The summed E-state index contributed by atoms with van der Waals surface area (Å²) < 4.78 is 0. The van der Waals surface area contributed by atoms with Crippen LogP contribution in [0, 0.1) is 11.8 Å². The van der Waals surface area contributed by atoms with Gasteiger partial charge in [-0.15, -0.1) is 6.58 Å². The molecule has 1 aliphatic rings. The fraction of sp³-hybridized carbons (Fsp3) is 0.600. The Morgan fingerprint density at radius 1 is 1.46 bits per heavy atom. The van der Waals surface area contributed by atoms with E-state index in [0.717, 1.165) is 12.8 Å². The van der Waals surface area contributed by atoms with Crippen LogP contribution in [-0.2, 0) is 9.59 Å². The topological polar surface area (TPSA) is 37.4 Å². The van der Waals surface area contributed by atoms with Gasteiger partial charge in [0.15, 0.2) is 0 Å². The molecule has 0 bridgehead atoms. The summed E-state index contributed by atoms with van der Waals surface area (Å²) in [6.45, 7) is 5.60. The number of imide groups is 1. The molecule has 0 saturated carbocycles. The van der Waals surface area contributed by atoms with Crippen molar-refractivity contribution in [3.05, 3.63) is 12.7 Å². The fourth-order valence-electron chi connectivity index (χ4n) is 1.79. The molecule has 3 nitrogen and oxygen atoms in total. The third-order valence-corrected chi connectivity index (χ3v) is 2.55. The predicted octanol–water partition coefficient (Wildman–Crippen LogP) is 1.20. The summed E-state index contributed by atoms with van der Waals surface area (Å²) >= 11 is 0. The van der Waals surface area contributed by atoms with Crippen molar-refractivity contribution >= 4 is 11.8 Å². The third-order valence-electron chi connectivity index (χ3n) is 2.55. The van der Waals surface area contributed by atoms with Crippen molar-refractivity contribution in [2.75, 3.05) is 7.05 Å². The van der Waals surface area contributed by atoms with Gasteiger partial charge in [-0.2, -0.15) is 0 Å². The van der Waals surface area contributed by atoms with Crippen molar-refractivity contribution < 1.29 is 9.59 Å². The molecule has 0 N–H and O–H groups in total. The zero-order valence-corrected chi connectivity index (χ0v) is 8.12. The molecular weight excluding hydrogens is 166 g/mol. The average Bonchev–Trinajstić information content (AvgIpc) is 2.32. The van der Waals surface area contributed by atoms with Crippen LogP contribution in [0.1, 0.15) is 19.8 Å². The molecular formula is C10H15NO2. The molecule has 0 aromatic rings. The lowest BCUT2D eigenvalue weighted by Crippen LogP contribution is -2.26. The second-order valence-corrected chi connectivity index (χ2v) is 3.39. The molecule has 1 aliphatic heterocycles. The number of carbonyl (C=O) groups excluding carboxylic acids is 2. The van der Waals surface area contributed by atoms with E-state index in [1.165, 1.54) is 11.9 Å². The number of hydrogen-bond donors (Lipinski definition) is 0. The second kappa shape index (κ2) is 3.73. The van der Waals surface area contributed by atoms with Crippen LogP contribution in [0.15, 0.2) is 12.7 Å². The van der Waals surface area contributed by atoms with Crippen LogP contribution in [0.25, 0.3) is 0 Å². The van der Waals surface area contributed by atoms with E-state index in [0.29, 0.717) is 0 Å². The maximum absolute atomic E-state index is 11.5. The third kappa shape index (κ3) is 1.50. The van der Waals surface area contributed by atoms with Gasteiger partial charge in [0.25, 0.3) is 0 Å². The Morgan fingerprint density at radius 2 is 2.08 bits per heavy atom. The second-order valence-electron chi connectivity index (χ2n) is 3.39. The van der Waals surface area contributed by atoms with Crippen LogP contribution in [-0.4, -0.2) is 23.8 Å². The standard InChI is InChI=1S/C10H15NO2/c1-4-6-8-7(5-2)9(12)11(3)10(8)13/h5,7-8H,2,4,6H2,1,3H3. The van der Waals surface area contributed by atoms with Gasteiger partial charge in [0.1, 0.15) is 0 Å². The lowest BCUT2D eigenvalue weighted by Gasteiger charge is -2.08. The maximum Gasteiger partial charge on any atom is 0.236 e. The highest BCUT2D eigenvalue weighted by atomic mass is 16.2. The quantitative estimate of drug-likeness (QED) is 0.484. The van der Waals surface area contributed by atoms with Crippen LogP contribution in [0.3, 0.4) is 0 Å². The van der Waals surface area contributed by atoms with Gasteiger partial charge in [-0.3, -0.25) is 14.5 Å². The van der Waals surface area contributed by atoms with Gasteiger partial charge in [-0.25, -0.2) is 0 Å².